The number of rotatable bonds is 2. The van der Waals surface area contributed by atoms with Gasteiger partial charge >= 0.3 is 0 Å². The van der Waals surface area contributed by atoms with Crippen molar-refractivity contribution >= 4 is 33.7 Å². The predicted molar refractivity (Wildman–Crippen MR) is 76.5 cm³/mol. The molecule has 3 heterocycles. The Morgan fingerprint density at radius 2 is 2.16 bits per heavy atom. The summed E-state index contributed by atoms with van der Waals surface area (Å²) in [5, 5.41) is 2.65. The summed E-state index contributed by atoms with van der Waals surface area (Å²) >= 11 is 2.88. The molecule has 7 heteroatoms. The van der Waals surface area contributed by atoms with Gasteiger partial charge in [0.15, 0.2) is 5.13 Å². The van der Waals surface area contributed by atoms with Crippen LogP contribution < -0.4 is 5.73 Å². The summed E-state index contributed by atoms with van der Waals surface area (Å²) in [6.07, 6.45) is 3.54. The SMILES string of the molecule is Nc1nc(C2CCN(C(=O)c3cncs3)CC2)cs1. The first-order valence-electron chi connectivity index (χ1n) is 6.12. The van der Waals surface area contributed by atoms with E-state index >= 15 is 0 Å². The third kappa shape index (κ3) is 2.62. The minimum atomic E-state index is 0.0961. The van der Waals surface area contributed by atoms with Crippen molar-refractivity contribution in [2.75, 3.05) is 18.8 Å². The van der Waals surface area contributed by atoms with Crippen molar-refractivity contribution in [2.24, 2.45) is 0 Å². The molecule has 1 fully saturated rings. The lowest BCUT2D eigenvalue weighted by atomic mass is 9.94. The largest absolute Gasteiger partial charge is 0.375 e. The Bertz CT molecular complexity index is 558. The molecule has 0 atom stereocenters. The second-order valence-electron chi connectivity index (χ2n) is 4.54. The van der Waals surface area contributed by atoms with Crippen molar-refractivity contribution in [1.82, 2.24) is 14.9 Å². The third-order valence-corrected chi connectivity index (χ3v) is 4.84. The fraction of sp³-hybridized carbons (Fsp3) is 0.417. The first-order valence-corrected chi connectivity index (χ1v) is 7.88. The molecule has 3 rings (SSSR count). The van der Waals surface area contributed by atoms with Crippen LogP contribution in [0, 0.1) is 0 Å². The number of carbonyl (C=O) groups excluding carboxylic acids is 1. The molecular weight excluding hydrogens is 280 g/mol. The highest BCUT2D eigenvalue weighted by atomic mass is 32.1. The fourth-order valence-corrected chi connectivity index (χ4v) is 3.58. The molecule has 5 nitrogen and oxygen atoms in total. The van der Waals surface area contributed by atoms with Gasteiger partial charge in [0.1, 0.15) is 4.88 Å². The average molecular weight is 294 g/mol. The molecule has 0 spiro atoms. The maximum absolute atomic E-state index is 12.2. The van der Waals surface area contributed by atoms with E-state index in [1.807, 2.05) is 10.3 Å². The predicted octanol–water partition coefficient (Wildman–Crippen LogP) is 2.20. The summed E-state index contributed by atoms with van der Waals surface area (Å²) < 4.78 is 0. The van der Waals surface area contributed by atoms with Crippen LogP contribution in [-0.2, 0) is 0 Å². The standard InChI is InChI=1S/C12H14N4OS2/c13-12-15-9(6-18-12)8-1-3-16(4-2-8)11(17)10-5-14-7-19-10/h5-8H,1-4H2,(H2,13,15). The van der Waals surface area contributed by atoms with Gasteiger partial charge < -0.3 is 10.6 Å². The number of amides is 1. The highest BCUT2D eigenvalue weighted by molar-refractivity contribution is 7.13. The van der Waals surface area contributed by atoms with Crippen molar-refractivity contribution in [1.29, 1.82) is 0 Å². The van der Waals surface area contributed by atoms with Gasteiger partial charge in [-0.3, -0.25) is 9.78 Å². The van der Waals surface area contributed by atoms with Gasteiger partial charge in [-0.25, -0.2) is 4.98 Å². The molecule has 0 unspecified atom stereocenters. The van der Waals surface area contributed by atoms with Gasteiger partial charge in [-0.05, 0) is 12.8 Å². The number of nitrogens with two attached hydrogens (primary N) is 1. The molecule has 1 saturated heterocycles. The van der Waals surface area contributed by atoms with E-state index in [-0.39, 0.29) is 5.91 Å². The molecule has 2 aromatic heterocycles. The molecule has 1 aliphatic heterocycles. The van der Waals surface area contributed by atoms with Crippen molar-refractivity contribution in [2.45, 2.75) is 18.8 Å². The van der Waals surface area contributed by atoms with Crippen LogP contribution >= 0.6 is 22.7 Å². The molecule has 100 valence electrons. The molecule has 2 N–H and O–H groups in total. The Kier molecular flexibility index (Phi) is 3.48. The van der Waals surface area contributed by atoms with Crippen LogP contribution in [0.25, 0.3) is 0 Å². The van der Waals surface area contributed by atoms with Gasteiger partial charge in [-0.2, -0.15) is 0 Å². The number of hydrogen-bond donors (Lipinski definition) is 1. The topological polar surface area (TPSA) is 72.1 Å². The summed E-state index contributed by atoms with van der Waals surface area (Å²) in [5.74, 6) is 0.526. The zero-order valence-corrected chi connectivity index (χ0v) is 11.9. The first kappa shape index (κ1) is 12.6. The summed E-state index contributed by atoms with van der Waals surface area (Å²) in [6, 6.07) is 0. The summed E-state index contributed by atoms with van der Waals surface area (Å²) in [5.41, 5.74) is 8.43. The Balaban J connectivity index is 1.62. The summed E-state index contributed by atoms with van der Waals surface area (Å²) in [4.78, 5) is 23.1. The van der Waals surface area contributed by atoms with Crippen LogP contribution in [0.3, 0.4) is 0 Å². The second-order valence-corrected chi connectivity index (χ2v) is 6.32. The van der Waals surface area contributed by atoms with Crippen molar-refractivity contribution in [3.8, 4) is 0 Å². The normalized spacial score (nSPS) is 16.7. The lowest BCUT2D eigenvalue weighted by Gasteiger charge is -2.30. The molecule has 1 aliphatic rings. The van der Waals surface area contributed by atoms with Gasteiger partial charge in [0.05, 0.1) is 17.4 Å². The highest BCUT2D eigenvalue weighted by Gasteiger charge is 2.26. The highest BCUT2D eigenvalue weighted by Crippen LogP contribution is 2.30. The summed E-state index contributed by atoms with van der Waals surface area (Å²) in [7, 11) is 0. The van der Waals surface area contributed by atoms with E-state index in [1.165, 1.54) is 22.7 Å². The minimum absolute atomic E-state index is 0.0961. The van der Waals surface area contributed by atoms with Crippen LogP contribution in [-0.4, -0.2) is 33.9 Å². The molecule has 0 saturated carbocycles. The quantitative estimate of drug-likeness (QED) is 0.921. The van der Waals surface area contributed by atoms with Crippen LogP contribution in [0.2, 0.25) is 0 Å². The van der Waals surface area contributed by atoms with Gasteiger partial charge in [-0.1, -0.05) is 0 Å². The molecule has 0 aliphatic carbocycles. The maximum Gasteiger partial charge on any atom is 0.265 e. The van der Waals surface area contributed by atoms with E-state index in [9.17, 15) is 4.79 Å². The van der Waals surface area contributed by atoms with E-state index in [1.54, 1.807) is 11.7 Å². The lowest BCUT2D eigenvalue weighted by molar-refractivity contribution is 0.0717. The van der Waals surface area contributed by atoms with E-state index in [0.717, 1.165) is 36.5 Å². The van der Waals surface area contributed by atoms with E-state index in [2.05, 4.69) is 9.97 Å². The van der Waals surface area contributed by atoms with Crippen LogP contribution in [0.1, 0.15) is 34.1 Å². The van der Waals surface area contributed by atoms with Crippen molar-refractivity contribution < 1.29 is 4.79 Å². The number of hydrogen-bond acceptors (Lipinski definition) is 6. The summed E-state index contributed by atoms with van der Waals surface area (Å²) in [6.45, 7) is 1.55. The Labute approximate surface area is 119 Å². The number of nitrogen functional groups attached to an aromatic ring is 1. The number of thiazole rings is 2. The van der Waals surface area contributed by atoms with Crippen LogP contribution in [0.4, 0.5) is 5.13 Å². The number of likely N-dealkylation sites (tertiary alicyclic amines) is 1. The molecule has 1 amide bonds. The molecule has 0 bridgehead atoms. The number of aromatic nitrogens is 2. The van der Waals surface area contributed by atoms with Gasteiger partial charge in [0.25, 0.3) is 5.91 Å². The van der Waals surface area contributed by atoms with E-state index in [0.29, 0.717) is 11.0 Å². The fourth-order valence-electron chi connectivity index (χ4n) is 2.34. The Morgan fingerprint density at radius 3 is 2.74 bits per heavy atom. The first-order chi connectivity index (χ1) is 9.24. The zero-order valence-electron chi connectivity index (χ0n) is 10.3. The molecule has 19 heavy (non-hydrogen) atoms. The van der Waals surface area contributed by atoms with Crippen molar-refractivity contribution in [3.63, 3.8) is 0 Å². The third-order valence-electron chi connectivity index (χ3n) is 3.38. The Hall–Kier alpha value is -1.47. The number of carbonyl (C=O) groups is 1. The van der Waals surface area contributed by atoms with Crippen LogP contribution in [0.15, 0.2) is 17.1 Å². The van der Waals surface area contributed by atoms with Gasteiger partial charge in [0.2, 0.25) is 0 Å². The molecule has 0 aromatic carbocycles. The van der Waals surface area contributed by atoms with Gasteiger partial charge in [-0.15, -0.1) is 22.7 Å². The molecule has 0 radical (unpaired) electrons. The lowest BCUT2D eigenvalue weighted by Crippen LogP contribution is -2.37. The minimum Gasteiger partial charge on any atom is -0.375 e. The zero-order chi connectivity index (χ0) is 13.2. The van der Waals surface area contributed by atoms with Crippen molar-refractivity contribution in [3.05, 3.63) is 27.7 Å². The van der Waals surface area contributed by atoms with Crippen LogP contribution in [0.5, 0.6) is 0 Å². The average Bonchev–Trinajstić information content (AvgIpc) is 3.09. The molecule has 2 aromatic rings. The van der Waals surface area contributed by atoms with E-state index < -0.39 is 0 Å². The number of piperidine rings is 1. The monoisotopic (exact) mass is 294 g/mol. The molecular formula is C12H14N4OS2. The Morgan fingerprint density at radius 1 is 1.37 bits per heavy atom. The number of anilines is 1. The van der Waals surface area contributed by atoms with E-state index in [4.69, 9.17) is 5.73 Å². The smallest absolute Gasteiger partial charge is 0.265 e. The maximum atomic E-state index is 12.2. The number of nitrogens with zero attached hydrogens (tertiary/aromatic N) is 3. The second kappa shape index (κ2) is 5.26. The van der Waals surface area contributed by atoms with Gasteiger partial charge in [0, 0.05) is 24.4 Å².